The Balaban J connectivity index is 2.23. The highest BCUT2D eigenvalue weighted by Gasteiger charge is 2.12. The summed E-state index contributed by atoms with van der Waals surface area (Å²) in [6.45, 7) is 7.02. The van der Waals surface area contributed by atoms with Crippen molar-refractivity contribution in [3.63, 3.8) is 0 Å². The average molecular weight is 165 g/mol. The van der Waals surface area contributed by atoms with Gasteiger partial charge in [0, 0.05) is 12.8 Å². The molecule has 1 heteroatoms. The third kappa shape index (κ3) is 3.76. The van der Waals surface area contributed by atoms with Gasteiger partial charge < -0.3 is 4.85 Å². The molecule has 0 bridgehead atoms. The molecule has 1 nitrogen and oxygen atoms in total. The van der Waals surface area contributed by atoms with Crippen molar-refractivity contribution in [1.29, 1.82) is 0 Å². The quantitative estimate of drug-likeness (QED) is 0.481. The first-order chi connectivity index (χ1) is 5.93. The van der Waals surface area contributed by atoms with Crippen molar-refractivity contribution in [2.24, 2.45) is 0 Å². The number of nitrogens with zero attached hydrogens (tertiary/aromatic N) is 1. The van der Waals surface area contributed by atoms with Crippen LogP contribution in [0.15, 0.2) is 0 Å². The second kappa shape index (κ2) is 6.06. The van der Waals surface area contributed by atoms with Crippen LogP contribution in [0.25, 0.3) is 4.85 Å². The van der Waals surface area contributed by atoms with Crippen LogP contribution in [0.2, 0.25) is 0 Å². The minimum absolute atomic E-state index is 0.350. The van der Waals surface area contributed by atoms with Gasteiger partial charge in [-0.25, -0.2) is 6.57 Å². The Labute approximate surface area is 76.0 Å². The zero-order valence-corrected chi connectivity index (χ0v) is 7.89. The van der Waals surface area contributed by atoms with Gasteiger partial charge in [-0.15, -0.1) is 0 Å². The van der Waals surface area contributed by atoms with Gasteiger partial charge in [-0.3, -0.25) is 0 Å². The highest BCUT2D eigenvalue weighted by Crippen LogP contribution is 2.18. The molecule has 0 atom stereocenters. The van der Waals surface area contributed by atoms with Gasteiger partial charge in [-0.1, -0.05) is 32.1 Å². The minimum atomic E-state index is 0.350. The first-order valence-corrected chi connectivity index (χ1v) is 5.30. The maximum Gasteiger partial charge on any atom is 0.223 e. The molecule has 0 aromatic heterocycles. The molecule has 0 aromatic rings. The van der Waals surface area contributed by atoms with E-state index in [1.807, 2.05) is 0 Å². The molecular formula is C11H19N. The van der Waals surface area contributed by atoms with Crippen LogP contribution in [0.5, 0.6) is 0 Å². The van der Waals surface area contributed by atoms with Crippen LogP contribution in [-0.4, -0.2) is 6.04 Å². The van der Waals surface area contributed by atoms with E-state index in [0.717, 1.165) is 12.8 Å². The number of hydrogen-bond donors (Lipinski definition) is 0. The first-order valence-electron chi connectivity index (χ1n) is 5.30. The van der Waals surface area contributed by atoms with Crippen molar-refractivity contribution >= 4 is 0 Å². The summed E-state index contributed by atoms with van der Waals surface area (Å²) in [7, 11) is 0. The lowest BCUT2D eigenvalue weighted by atomic mass is 9.98. The van der Waals surface area contributed by atoms with Gasteiger partial charge in [-0.05, 0) is 12.8 Å². The van der Waals surface area contributed by atoms with E-state index >= 15 is 0 Å². The third-order valence-electron chi connectivity index (χ3n) is 2.76. The van der Waals surface area contributed by atoms with E-state index in [1.165, 1.54) is 44.9 Å². The van der Waals surface area contributed by atoms with Crippen molar-refractivity contribution in [3.05, 3.63) is 11.4 Å². The van der Waals surface area contributed by atoms with Crippen LogP contribution < -0.4 is 0 Å². The van der Waals surface area contributed by atoms with Crippen molar-refractivity contribution in [3.8, 4) is 0 Å². The second-order valence-corrected chi connectivity index (χ2v) is 3.84. The van der Waals surface area contributed by atoms with E-state index in [0.29, 0.717) is 6.04 Å². The lowest BCUT2D eigenvalue weighted by Gasteiger charge is -2.08. The van der Waals surface area contributed by atoms with Gasteiger partial charge in [0.2, 0.25) is 6.04 Å². The standard InChI is InChI=1S/C11H19N/c1-12-11-9-7-5-3-2-4-6-8-10-11/h11H,2-10H2. The SMILES string of the molecule is [C-]#[N+]C1CCCCCCCCC1. The van der Waals surface area contributed by atoms with Gasteiger partial charge in [0.1, 0.15) is 0 Å². The molecule has 1 rings (SSSR count). The molecule has 0 spiro atoms. The molecular weight excluding hydrogens is 146 g/mol. The lowest BCUT2D eigenvalue weighted by Crippen LogP contribution is -2.02. The van der Waals surface area contributed by atoms with Crippen molar-refractivity contribution in [2.75, 3.05) is 0 Å². The molecule has 68 valence electrons. The summed E-state index contributed by atoms with van der Waals surface area (Å²) in [5.74, 6) is 0. The molecule has 0 heterocycles. The zero-order valence-electron chi connectivity index (χ0n) is 7.89. The topological polar surface area (TPSA) is 4.36 Å². The molecule has 0 N–H and O–H groups in total. The molecule has 0 aliphatic heterocycles. The zero-order chi connectivity index (χ0) is 8.65. The van der Waals surface area contributed by atoms with Gasteiger partial charge in [0.15, 0.2) is 0 Å². The van der Waals surface area contributed by atoms with E-state index in [-0.39, 0.29) is 0 Å². The van der Waals surface area contributed by atoms with E-state index in [2.05, 4.69) is 4.85 Å². The third-order valence-corrected chi connectivity index (χ3v) is 2.76. The maximum atomic E-state index is 7.02. The Morgan fingerprint density at radius 1 is 0.750 bits per heavy atom. The van der Waals surface area contributed by atoms with E-state index < -0.39 is 0 Å². The Morgan fingerprint density at radius 2 is 1.17 bits per heavy atom. The molecule has 1 fully saturated rings. The molecule has 1 saturated carbocycles. The average Bonchev–Trinajstić information content (AvgIpc) is 2.14. The molecule has 0 radical (unpaired) electrons. The summed E-state index contributed by atoms with van der Waals surface area (Å²) < 4.78 is 0. The summed E-state index contributed by atoms with van der Waals surface area (Å²) in [5.41, 5.74) is 0. The summed E-state index contributed by atoms with van der Waals surface area (Å²) in [6.07, 6.45) is 11.8. The van der Waals surface area contributed by atoms with Gasteiger partial charge in [0.05, 0.1) is 0 Å². The van der Waals surface area contributed by atoms with Crippen LogP contribution in [0.4, 0.5) is 0 Å². The van der Waals surface area contributed by atoms with Crippen molar-refractivity contribution < 1.29 is 0 Å². The number of rotatable bonds is 0. The fourth-order valence-corrected chi connectivity index (χ4v) is 1.92. The Kier molecular flexibility index (Phi) is 4.83. The molecule has 1 aliphatic carbocycles. The minimum Gasteiger partial charge on any atom is -0.314 e. The van der Waals surface area contributed by atoms with Crippen molar-refractivity contribution in [1.82, 2.24) is 0 Å². The van der Waals surface area contributed by atoms with Crippen molar-refractivity contribution in [2.45, 2.75) is 63.8 Å². The number of hydrogen-bond acceptors (Lipinski definition) is 0. The van der Waals surface area contributed by atoms with Gasteiger partial charge in [-0.2, -0.15) is 0 Å². The van der Waals surface area contributed by atoms with Crippen LogP contribution >= 0.6 is 0 Å². The summed E-state index contributed by atoms with van der Waals surface area (Å²) in [5, 5.41) is 0. The predicted octanol–water partition coefficient (Wildman–Crippen LogP) is 3.80. The fraction of sp³-hybridized carbons (Fsp3) is 0.909. The Bertz CT molecular complexity index is 136. The lowest BCUT2D eigenvalue weighted by molar-refractivity contribution is 0.489. The monoisotopic (exact) mass is 165 g/mol. The predicted molar refractivity (Wildman–Crippen MR) is 51.9 cm³/mol. The largest absolute Gasteiger partial charge is 0.314 e. The van der Waals surface area contributed by atoms with E-state index in [4.69, 9.17) is 6.57 Å². The second-order valence-electron chi connectivity index (χ2n) is 3.84. The summed E-state index contributed by atoms with van der Waals surface area (Å²) in [4.78, 5) is 3.67. The normalized spacial score (nSPS) is 22.9. The Hall–Kier alpha value is -0.510. The Morgan fingerprint density at radius 3 is 1.58 bits per heavy atom. The molecule has 0 aromatic carbocycles. The molecule has 12 heavy (non-hydrogen) atoms. The van der Waals surface area contributed by atoms with Crippen LogP contribution in [-0.2, 0) is 0 Å². The smallest absolute Gasteiger partial charge is 0.223 e. The molecule has 1 aliphatic rings. The maximum absolute atomic E-state index is 7.02. The van der Waals surface area contributed by atoms with Crippen LogP contribution in [0.1, 0.15) is 57.8 Å². The molecule has 0 saturated heterocycles. The summed E-state index contributed by atoms with van der Waals surface area (Å²) >= 11 is 0. The highest BCUT2D eigenvalue weighted by molar-refractivity contribution is 4.78. The summed E-state index contributed by atoms with van der Waals surface area (Å²) in [6, 6.07) is 0.350. The highest BCUT2D eigenvalue weighted by atomic mass is 14.7. The fourth-order valence-electron chi connectivity index (χ4n) is 1.92. The van der Waals surface area contributed by atoms with E-state index in [1.54, 1.807) is 0 Å². The molecule has 0 amide bonds. The van der Waals surface area contributed by atoms with Crippen LogP contribution in [0.3, 0.4) is 0 Å². The first kappa shape index (κ1) is 9.58. The van der Waals surface area contributed by atoms with Crippen LogP contribution in [0, 0.1) is 6.57 Å². The van der Waals surface area contributed by atoms with E-state index in [9.17, 15) is 0 Å². The molecule has 0 unspecified atom stereocenters. The van der Waals surface area contributed by atoms with Gasteiger partial charge >= 0.3 is 0 Å². The van der Waals surface area contributed by atoms with Gasteiger partial charge in [0.25, 0.3) is 0 Å².